The summed E-state index contributed by atoms with van der Waals surface area (Å²) in [7, 11) is 0. The Kier molecular flexibility index (Phi) is 6.28. The number of carboxylic acids is 1. The van der Waals surface area contributed by atoms with E-state index < -0.39 is 11.9 Å². The number of hydrogen-bond acceptors (Lipinski definition) is 6. The largest absolute Gasteiger partial charge is 0.478 e. The number of hydrogen-bond donors (Lipinski definition) is 3. The molecular weight excluding hydrogens is 376 g/mol. The topological polar surface area (TPSA) is 121 Å². The SMILES string of the molecule is CCOC(=O)c1ccc(N2CC(NC(=O)NCc3ccc(C(=O)O)cc3)C2)nc1. The van der Waals surface area contributed by atoms with Crippen molar-refractivity contribution < 1.29 is 24.2 Å². The van der Waals surface area contributed by atoms with Crippen LogP contribution in [0.15, 0.2) is 42.6 Å². The molecule has 3 N–H and O–H groups in total. The number of carbonyl (C=O) groups excluding carboxylic acids is 2. The lowest BCUT2D eigenvalue weighted by molar-refractivity contribution is 0.0525. The molecule has 2 heterocycles. The molecule has 0 spiro atoms. The van der Waals surface area contributed by atoms with Crippen LogP contribution in [0.4, 0.5) is 10.6 Å². The zero-order chi connectivity index (χ0) is 20.8. The Bertz CT molecular complexity index is 877. The van der Waals surface area contributed by atoms with Crippen LogP contribution in [0.2, 0.25) is 0 Å². The van der Waals surface area contributed by atoms with Crippen LogP contribution in [-0.4, -0.2) is 53.8 Å². The van der Waals surface area contributed by atoms with Gasteiger partial charge in [-0.1, -0.05) is 12.1 Å². The van der Waals surface area contributed by atoms with Crippen molar-refractivity contribution in [3.8, 4) is 0 Å². The van der Waals surface area contributed by atoms with Gasteiger partial charge in [0.05, 0.1) is 23.8 Å². The summed E-state index contributed by atoms with van der Waals surface area (Å²) in [6.07, 6.45) is 1.48. The molecule has 1 aromatic heterocycles. The molecule has 152 valence electrons. The van der Waals surface area contributed by atoms with Crippen LogP contribution in [0, 0.1) is 0 Å². The van der Waals surface area contributed by atoms with Crippen molar-refractivity contribution in [2.24, 2.45) is 0 Å². The fraction of sp³-hybridized carbons (Fsp3) is 0.300. The van der Waals surface area contributed by atoms with Crippen LogP contribution in [0.5, 0.6) is 0 Å². The van der Waals surface area contributed by atoms with Crippen molar-refractivity contribution in [3.05, 3.63) is 59.3 Å². The van der Waals surface area contributed by atoms with Crippen molar-refractivity contribution >= 4 is 23.8 Å². The number of amides is 2. The number of ether oxygens (including phenoxy) is 1. The molecule has 3 rings (SSSR count). The highest BCUT2D eigenvalue weighted by molar-refractivity contribution is 5.89. The second-order valence-corrected chi connectivity index (χ2v) is 6.56. The molecule has 29 heavy (non-hydrogen) atoms. The van der Waals surface area contributed by atoms with Crippen molar-refractivity contribution in [3.63, 3.8) is 0 Å². The van der Waals surface area contributed by atoms with Crippen LogP contribution < -0.4 is 15.5 Å². The third-order valence-electron chi connectivity index (χ3n) is 4.45. The van der Waals surface area contributed by atoms with Gasteiger partial charge in [-0.25, -0.2) is 19.4 Å². The minimum Gasteiger partial charge on any atom is -0.478 e. The van der Waals surface area contributed by atoms with Gasteiger partial charge in [0.2, 0.25) is 0 Å². The number of nitrogens with one attached hydrogen (secondary N) is 2. The van der Waals surface area contributed by atoms with Crippen molar-refractivity contribution in [1.82, 2.24) is 15.6 Å². The predicted octanol–water partition coefficient (Wildman–Crippen LogP) is 1.64. The van der Waals surface area contributed by atoms with Gasteiger partial charge in [0.25, 0.3) is 0 Å². The van der Waals surface area contributed by atoms with E-state index in [1.165, 1.54) is 18.3 Å². The highest BCUT2D eigenvalue weighted by atomic mass is 16.5. The van der Waals surface area contributed by atoms with E-state index in [4.69, 9.17) is 9.84 Å². The summed E-state index contributed by atoms with van der Waals surface area (Å²) in [6.45, 7) is 3.60. The molecule has 0 atom stereocenters. The molecule has 2 aromatic rings. The summed E-state index contributed by atoms with van der Waals surface area (Å²) in [5.74, 6) is -0.652. The van der Waals surface area contributed by atoms with Gasteiger partial charge in [-0.3, -0.25) is 0 Å². The fourth-order valence-corrected chi connectivity index (χ4v) is 2.85. The Labute approximate surface area is 167 Å². The predicted molar refractivity (Wildman–Crippen MR) is 105 cm³/mol. The van der Waals surface area contributed by atoms with Gasteiger partial charge in [0, 0.05) is 25.8 Å². The van der Waals surface area contributed by atoms with E-state index in [9.17, 15) is 14.4 Å². The van der Waals surface area contributed by atoms with Gasteiger partial charge in [-0.2, -0.15) is 0 Å². The summed E-state index contributed by atoms with van der Waals surface area (Å²) in [5, 5.41) is 14.5. The number of nitrogens with zero attached hydrogens (tertiary/aromatic N) is 2. The normalized spacial score (nSPS) is 13.3. The fourth-order valence-electron chi connectivity index (χ4n) is 2.85. The van der Waals surface area contributed by atoms with E-state index >= 15 is 0 Å². The smallest absolute Gasteiger partial charge is 0.339 e. The minimum absolute atomic E-state index is 0.00378. The summed E-state index contributed by atoms with van der Waals surface area (Å²) in [5.41, 5.74) is 1.42. The third-order valence-corrected chi connectivity index (χ3v) is 4.45. The van der Waals surface area contributed by atoms with Gasteiger partial charge < -0.3 is 25.4 Å². The van der Waals surface area contributed by atoms with E-state index in [-0.39, 0.29) is 17.6 Å². The lowest BCUT2D eigenvalue weighted by Crippen LogP contribution is -2.61. The molecule has 1 saturated heterocycles. The molecule has 1 aromatic carbocycles. The first kappa shape index (κ1) is 20.1. The number of carbonyl (C=O) groups is 3. The van der Waals surface area contributed by atoms with Crippen molar-refractivity contribution in [2.45, 2.75) is 19.5 Å². The van der Waals surface area contributed by atoms with Gasteiger partial charge in [-0.05, 0) is 36.8 Å². The first-order chi connectivity index (χ1) is 14.0. The van der Waals surface area contributed by atoms with E-state index in [2.05, 4.69) is 15.6 Å². The minimum atomic E-state index is -0.984. The summed E-state index contributed by atoms with van der Waals surface area (Å²) < 4.78 is 4.93. The van der Waals surface area contributed by atoms with E-state index in [1.54, 1.807) is 31.2 Å². The van der Waals surface area contributed by atoms with E-state index in [0.29, 0.717) is 31.8 Å². The molecule has 1 aliphatic heterocycles. The number of anilines is 1. The monoisotopic (exact) mass is 398 g/mol. The zero-order valence-corrected chi connectivity index (χ0v) is 15.9. The molecule has 0 unspecified atom stereocenters. The summed E-state index contributed by atoms with van der Waals surface area (Å²) in [6, 6.07) is 9.47. The maximum atomic E-state index is 12.0. The molecule has 0 bridgehead atoms. The molecule has 1 aliphatic rings. The average molecular weight is 398 g/mol. The number of aromatic carboxylic acids is 1. The van der Waals surface area contributed by atoms with Crippen LogP contribution in [0.25, 0.3) is 0 Å². The number of urea groups is 1. The quantitative estimate of drug-likeness (QED) is 0.606. The van der Waals surface area contributed by atoms with Gasteiger partial charge in [0.15, 0.2) is 0 Å². The zero-order valence-electron chi connectivity index (χ0n) is 15.9. The molecule has 0 radical (unpaired) electrons. The Balaban J connectivity index is 1.40. The molecule has 2 amide bonds. The lowest BCUT2D eigenvalue weighted by atomic mass is 10.1. The highest BCUT2D eigenvalue weighted by Gasteiger charge is 2.29. The molecule has 9 heteroatoms. The van der Waals surface area contributed by atoms with Crippen LogP contribution in [-0.2, 0) is 11.3 Å². The van der Waals surface area contributed by atoms with Crippen LogP contribution in [0.3, 0.4) is 0 Å². The second-order valence-electron chi connectivity index (χ2n) is 6.56. The maximum Gasteiger partial charge on any atom is 0.339 e. The Morgan fingerprint density at radius 3 is 2.41 bits per heavy atom. The molecule has 9 nitrogen and oxygen atoms in total. The molecule has 1 fully saturated rings. The second kappa shape index (κ2) is 9.05. The van der Waals surface area contributed by atoms with E-state index in [0.717, 1.165) is 11.4 Å². The van der Waals surface area contributed by atoms with Gasteiger partial charge in [0.1, 0.15) is 5.82 Å². The number of esters is 1. The number of aromatic nitrogens is 1. The molecular formula is C20H22N4O5. The number of carboxylic acid groups (broad SMARTS) is 1. The first-order valence-electron chi connectivity index (χ1n) is 9.21. The van der Waals surface area contributed by atoms with Crippen molar-refractivity contribution in [1.29, 1.82) is 0 Å². The Hall–Kier alpha value is -3.62. The Morgan fingerprint density at radius 2 is 1.83 bits per heavy atom. The van der Waals surface area contributed by atoms with E-state index in [1.807, 2.05) is 4.90 Å². The standard InChI is InChI=1S/C20H22N4O5/c1-2-29-19(27)15-7-8-17(21-10-15)24-11-16(12-24)23-20(28)22-9-13-3-5-14(6-4-13)18(25)26/h3-8,10,16H,2,9,11-12H2,1H3,(H,25,26)(H2,22,23,28). The van der Waals surface area contributed by atoms with Crippen molar-refractivity contribution in [2.75, 3.05) is 24.6 Å². The number of rotatable bonds is 7. The van der Waals surface area contributed by atoms with Gasteiger partial charge >= 0.3 is 18.0 Å². The van der Waals surface area contributed by atoms with Gasteiger partial charge in [-0.15, -0.1) is 0 Å². The lowest BCUT2D eigenvalue weighted by Gasteiger charge is -2.40. The summed E-state index contributed by atoms with van der Waals surface area (Å²) in [4.78, 5) is 40.7. The molecule has 0 aliphatic carbocycles. The van der Waals surface area contributed by atoms with Crippen LogP contribution >= 0.6 is 0 Å². The highest BCUT2D eigenvalue weighted by Crippen LogP contribution is 2.18. The number of pyridine rings is 1. The van der Waals surface area contributed by atoms with Crippen LogP contribution in [0.1, 0.15) is 33.2 Å². The first-order valence-corrected chi connectivity index (χ1v) is 9.21. The third kappa shape index (κ3) is 5.22. The number of benzene rings is 1. The summed E-state index contributed by atoms with van der Waals surface area (Å²) >= 11 is 0. The Morgan fingerprint density at radius 1 is 1.14 bits per heavy atom. The average Bonchev–Trinajstić information content (AvgIpc) is 2.69. The molecule has 0 saturated carbocycles. The maximum absolute atomic E-state index is 12.0.